The molecule has 1 aromatic carbocycles. The first-order chi connectivity index (χ1) is 6.29. The molecule has 0 aromatic heterocycles. The standard InChI is InChI=1S/C11H12N2/c1-10-8-9-12(2)13(10)11-6-4-3-5-7-11/h3-8H,1-2H3. The fourth-order valence-electron chi connectivity index (χ4n) is 1.49. The zero-order chi connectivity index (χ0) is 9.26. The van der Waals surface area contributed by atoms with Gasteiger partial charge in [0.2, 0.25) is 0 Å². The van der Waals surface area contributed by atoms with Crippen LogP contribution >= 0.6 is 0 Å². The van der Waals surface area contributed by atoms with Crippen molar-refractivity contribution in [1.82, 2.24) is 5.01 Å². The molecule has 0 bridgehead atoms. The summed E-state index contributed by atoms with van der Waals surface area (Å²) < 4.78 is 0. The summed E-state index contributed by atoms with van der Waals surface area (Å²) in [5.74, 6) is 0. The molecule has 2 nitrogen and oxygen atoms in total. The van der Waals surface area contributed by atoms with E-state index in [0.29, 0.717) is 0 Å². The van der Waals surface area contributed by atoms with E-state index in [1.54, 1.807) is 0 Å². The van der Waals surface area contributed by atoms with Crippen LogP contribution in [-0.2, 0) is 0 Å². The van der Waals surface area contributed by atoms with Gasteiger partial charge in [0.1, 0.15) is 6.54 Å². The Morgan fingerprint density at radius 2 is 1.85 bits per heavy atom. The van der Waals surface area contributed by atoms with Gasteiger partial charge in [0.15, 0.2) is 0 Å². The minimum absolute atomic E-state index is 1.17. The number of rotatable bonds is 1. The van der Waals surface area contributed by atoms with Crippen molar-refractivity contribution in [3.05, 3.63) is 48.6 Å². The van der Waals surface area contributed by atoms with Crippen molar-refractivity contribution in [2.75, 3.05) is 12.1 Å². The van der Waals surface area contributed by atoms with Gasteiger partial charge < -0.3 is 0 Å². The number of benzene rings is 1. The molecule has 1 heterocycles. The number of anilines is 1. The minimum atomic E-state index is 1.17. The van der Waals surface area contributed by atoms with Gasteiger partial charge in [-0.15, -0.1) is 0 Å². The second kappa shape index (κ2) is 3.23. The van der Waals surface area contributed by atoms with Crippen molar-refractivity contribution in [3.63, 3.8) is 0 Å². The molecule has 1 aromatic rings. The Kier molecular flexibility index (Phi) is 2.07. The summed E-state index contributed by atoms with van der Waals surface area (Å²) >= 11 is 0. The fourth-order valence-corrected chi connectivity index (χ4v) is 1.49. The van der Waals surface area contributed by atoms with E-state index in [1.807, 2.05) is 36.3 Å². The first-order valence-corrected chi connectivity index (χ1v) is 4.31. The summed E-state index contributed by atoms with van der Waals surface area (Å²) in [4.78, 5) is 0. The van der Waals surface area contributed by atoms with E-state index in [0.717, 1.165) is 0 Å². The highest BCUT2D eigenvalue weighted by molar-refractivity contribution is 5.52. The SMILES string of the molecule is CC1=C[C]N(C)N1c1ccccc1. The molecule has 1 aliphatic rings. The van der Waals surface area contributed by atoms with E-state index < -0.39 is 0 Å². The van der Waals surface area contributed by atoms with Crippen LogP contribution in [-0.4, -0.2) is 12.1 Å². The molecule has 0 atom stereocenters. The molecule has 0 fully saturated rings. The van der Waals surface area contributed by atoms with Gasteiger partial charge in [-0.25, -0.2) is 5.01 Å². The number of likely N-dealkylation sites (N-methyl/N-ethyl adjacent to an activating group) is 1. The van der Waals surface area contributed by atoms with Crippen LogP contribution in [0.25, 0.3) is 0 Å². The quantitative estimate of drug-likeness (QED) is 0.641. The number of hydrogen-bond acceptors (Lipinski definition) is 2. The van der Waals surface area contributed by atoms with Crippen LogP contribution in [0.5, 0.6) is 0 Å². The Morgan fingerprint density at radius 3 is 2.38 bits per heavy atom. The Balaban J connectivity index is 2.31. The van der Waals surface area contributed by atoms with E-state index in [2.05, 4.69) is 30.6 Å². The molecule has 1 aliphatic heterocycles. The lowest BCUT2D eigenvalue weighted by Gasteiger charge is -2.27. The van der Waals surface area contributed by atoms with Gasteiger partial charge in [-0.3, -0.25) is 5.01 Å². The van der Waals surface area contributed by atoms with E-state index >= 15 is 0 Å². The molecule has 0 N–H and O–H groups in total. The molecular weight excluding hydrogens is 160 g/mol. The number of hydrazine groups is 1. The second-order valence-corrected chi connectivity index (χ2v) is 3.09. The van der Waals surface area contributed by atoms with Crippen molar-refractivity contribution in [2.45, 2.75) is 6.92 Å². The summed E-state index contributed by atoms with van der Waals surface area (Å²) in [5, 5.41) is 4.06. The largest absolute Gasteiger partial charge is 0.278 e. The fraction of sp³-hybridized carbons (Fsp3) is 0.182. The van der Waals surface area contributed by atoms with Crippen molar-refractivity contribution in [1.29, 1.82) is 0 Å². The summed E-state index contributed by atoms with van der Waals surface area (Å²) in [6.07, 6.45) is 1.98. The molecule has 2 rings (SSSR count). The molecule has 0 unspecified atom stereocenters. The zero-order valence-electron chi connectivity index (χ0n) is 7.86. The van der Waals surface area contributed by atoms with Gasteiger partial charge in [0.25, 0.3) is 0 Å². The van der Waals surface area contributed by atoms with E-state index in [1.165, 1.54) is 11.4 Å². The number of para-hydroxylation sites is 1. The van der Waals surface area contributed by atoms with Crippen molar-refractivity contribution < 1.29 is 0 Å². The summed E-state index contributed by atoms with van der Waals surface area (Å²) in [7, 11) is 1.99. The van der Waals surface area contributed by atoms with Crippen LogP contribution in [0.15, 0.2) is 42.1 Å². The maximum Gasteiger partial charge on any atom is 0.112 e. The molecule has 13 heavy (non-hydrogen) atoms. The predicted molar refractivity (Wildman–Crippen MR) is 53.7 cm³/mol. The number of allylic oxidation sites excluding steroid dienone is 1. The maximum absolute atomic E-state index is 3.12. The highest BCUT2D eigenvalue weighted by Gasteiger charge is 2.18. The molecule has 0 spiro atoms. The third-order valence-electron chi connectivity index (χ3n) is 2.10. The highest BCUT2D eigenvalue weighted by Crippen LogP contribution is 2.25. The summed E-state index contributed by atoms with van der Waals surface area (Å²) in [6, 6.07) is 10.3. The summed E-state index contributed by atoms with van der Waals surface area (Å²) in [5.41, 5.74) is 2.36. The maximum atomic E-state index is 3.12. The van der Waals surface area contributed by atoms with Crippen molar-refractivity contribution in [3.8, 4) is 0 Å². The highest BCUT2D eigenvalue weighted by atomic mass is 15.6. The minimum Gasteiger partial charge on any atom is -0.278 e. The third-order valence-corrected chi connectivity index (χ3v) is 2.10. The van der Waals surface area contributed by atoms with Gasteiger partial charge >= 0.3 is 0 Å². The van der Waals surface area contributed by atoms with E-state index in [4.69, 9.17) is 0 Å². The molecule has 0 amide bonds. The molecule has 0 saturated carbocycles. The second-order valence-electron chi connectivity index (χ2n) is 3.09. The van der Waals surface area contributed by atoms with E-state index in [9.17, 15) is 0 Å². The van der Waals surface area contributed by atoms with Crippen molar-refractivity contribution >= 4 is 5.69 Å². The average molecular weight is 172 g/mol. The normalized spacial score (nSPS) is 17.7. The Morgan fingerprint density at radius 1 is 1.15 bits per heavy atom. The van der Waals surface area contributed by atoms with Gasteiger partial charge in [0.05, 0.1) is 5.69 Å². The molecule has 2 radical (unpaired) electrons. The molecule has 2 heteroatoms. The molecule has 0 aliphatic carbocycles. The predicted octanol–water partition coefficient (Wildman–Crippen LogP) is 2.30. The van der Waals surface area contributed by atoms with Crippen LogP contribution in [0.4, 0.5) is 5.69 Å². The first kappa shape index (κ1) is 8.32. The topological polar surface area (TPSA) is 6.48 Å². The van der Waals surface area contributed by atoms with Crippen molar-refractivity contribution in [2.24, 2.45) is 0 Å². The monoisotopic (exact) mass is 172 g/mol. The lowest BCUT2D eigenvalue weighted by molar-refractivity contribution is 0.439. The van der Waals surface area contributed by atoms with Crippen LogP contribution in [0.3, 0.4) is 0 Å². The number of nitrogens with zero attached hydrogens (tertiary/aromatic N) is 2. The smallest absolute Gasteiger partial charge is 0.112 e. The molecule has 0 saturated heterocycles. The van der Waals surface area contributed by atoms with Gasteiger partial charge in [-0.05, 0) is 25.1 Å². The lowest BCUT2D eigenvalue weighted by atomic mass is 10.3. The van der Waals surface area contributed by atoms with Crippen LogP contribution in [0.1, 0.15) is 6.92 Å². The van der Waals surface area contributed by atoms with E-state index in [-0.39, 0.29) is 0 Å². The van der Waals surface area contributed by atoms with Crippen LogP contribution < -0.4 is 5.01 Å². The first-order valence-electron chi connectivity index (χ1n) is 4.31. The molecular formula is C11H12N2. The molecule has 66 valence electrons. The van der Waals surface area contributed by atoms with Gasteiger partial charge in [0, 0.05) is 12.7 Å². The third kappa shape index (κ3) is 1.45. The Bertz CT molecular complexity index is 316. The van der Waals surface area contributed by atoms with Gasteiger partial charge in [-0.2, -0.15) is 0 Å². The average Bonchev–Trinajstić information content (AvgIpc) is 2.48. The lowest BCUT2D eigenvalue weighted by Crippen LogP contribution is -2.31. The number of hydrogen-bond donors (Lipinski definition) is 0. The Hall–Kier alpha value is -1.28. The summed E-state index contributed by atoms with van der Waals surface area (Å²) in [6.45, 7) is 5.19. The zero-order valence-corrected chi connectivity index (χ0v) is 7.86. The Labute approximate surface area is 79.1 Å². The van der Waals surface area contributed by atoms with Crippen LogP contribution in [0, 0.1) is 6.54 Å². The van der Waals surface area contributed by atoms with Gasteiger partial charge in [-0.1, -0.05) is 18.2 Å². The van der Waals surface area contributed by atoms with Crippen LogP contribution in [0.2, 0.25) is 0 Å².